The summed E-state index contributed by atoms with van der Waals surface area (Å²) in [6.07, 6.45) is 1.34. The summed E-state index contributed by atoms with van der Waals surface area (Å²) in [5, 5.41) is 1.31. The van der Waals surface area contributed by atoms with Crippen LogP contribution in [0.2, 0.25) is 5.15 Å². The Morgan fingerprint density at radius 3 is 2.38 bits per heavy atom. The standard InChI is InChI=1S/C18H24ClN3O2/c1-17(2,3)22(18(4,5)6)16(23)24-11-13-9-14-12(10-20-13)7-8-15(19)21-14/h7-10H,11H2,1-6H3. The van der Waals surface area contributed by atoms with Gasteiger partial charge in [0, 0.05) is 22.7 Å². The van der Waals surface area contributed by atoms with Crippen molar-refractivity contribution in [2.24, 2.45) is 0 Å². The number of carbonyl (C=O) groups excluding carboxylic acids is 1. The zero-order chi connectivity index (χ0) is 18.1. The number of fused-ring (bicyclic) bond motifs is 1. The molecule has 0 fully saturated rings. The quantitative estimate of drug-likeness (QED) is 0.729. The first-order chi connectivity index (χ1) is 11.0. The van der Waals surface area contributed by atoms with Gasteiger partial charge in [-0.1, -0.05) is 11.6 Å². The molecule has 0 atom stereocenters. The average Bonchev–Trinajstić information content (AvgIpc) is 2.41. The molecule has 0 aliphatic rings. The second-order valence-electron chi connectivity index (χ2n) is 7.73. The van der Waals surface area contributed by atoms with Crippen molar-refractivity contribution >= 4 is 28.6 Å². The second kappa shape index (κ2) is 6.55. The van der Waals surface area contributed by atoms with E-state index in [1.807, 2.05) is 47.6 Å². The number of halogens is 1. The lowest BCUT2D eigenvalue weighted by molar-refractivity contribution is 0.0165. The summed E-state index contributed by atoms with van der Waals surface area (Å²) in [4.78, 5) is 22.9. The summed E-state index contributed by atoms with van der Waals surface area (Å²) in [6, 6.07) is 5.36. The van der Waals surface area contributed by atoms with Gasteiger partial charge in [0.25, 0.3) is 0 Å². The minimum absolute atomic E-state index is 0.0889. The first kappa shape index (κ1) is 18.5. The normalized spacial score (nSPS) is 12.3. The van der Waals surface area contributed by atoms with Crippen LogP contribution in [-0.4, -0.2) is 32.0 Å². The number of pyridine rings is 2. The molecule has 0 aliphatic carbocycles. The molecular formula is C18H24ClN3O2. The number of amides is 1. The molecule has 5 nitrogen and oxygen atoms in total. The van der Waals surface area contributed by atoms with E-state index in [0.29, 0.717) is 10.8 Å². The van der Waals surface area contributed by atoms with E-state index >= 15 is 0 Å². The number of hydrogen-bond acceptors (Lipinski definition) is 4. The lowest BCUT2D eigenvalue weighted by Gasteiger charge is -2.44. The van der Waals surface area contributed by atoms with Gasteiger partial charge < -0.3 is 4.74 Å². The lowest BCUT2D eigenvalue weighted by Crippen LogP contribution is -2.55. The van der Waals surface area contributed by atoms with Crippen LogP contribution in [-0.2, 0) is 11.3 Å². The molecule has 0 saturated carbocycles. The van der Waals surface area contributed by atoms with Crippen LogP contribution in [0, 0.1) is 0 Å². The van der Waals surface area contributed by atoms with Crippen molar-refractivity contribution in [3.05, 3.63) is 35.2 Å². The van der Waals surface area contributed by atoms with Crippen molar-refractivity contribution in [3.63, 3.8) is 0 Å². The van der Waals surface area contributed by atoms with Crippen LogP contribution >= 0.6 is 11.6 Å². The maximum absolute atomic E-state index is 12.6. The smallest absolute Gasteiger partial charge is 0.411 e. The summed E-state index contributed by atoms with van der Waals surface area (Å²) >= 11 is 5.92. The van der Waals surface area contributed by atoms with E-state index < -0.39 is 0 Å². The molecule has 0 radical (unpaired) electrons. The SMILES string of the molecule is CC(C)(C)N(C(=O)OCc1cc2nc(Cl)ccc2cn1)C(C)(C)C. The third-order valence-corrected chi connectivity index (χ3v) is 3.67. The first-order valence-electron chi connectivity index (χ1n) is 7.87. The van der Waals surface area contributed by atoms with Gasteiger partial charge >= 0.3 is 6.09 Å². The number of aromatic nitrogens is 2. The first-order valence-corrected chi connectivity index (χ1v) is 8.24. The molecule has 24 heavy (non-hydrogen) atoms. The molecule has 6 heteroatoms. The molecule has 2 aromatic heterocycles. The third-order valence-electron chi connectivity index (χ3n) is 3.46. The van der Waals surface area contributed by atoms with Gasteiger partial charge in [-0.3, -0.25) is 9.88 Å². The van der Waals surface area contributed by atoms with Gasteiger partial charge in [-0.15, -0.1) is 0 Å². The molecule has 130 valence electrons. The van der Waals surface area contributed by atoms with Gasteiger partial charge in [0.15, 0.2) is 0 Å². The fourth-order valence-corrected chi connectivity index (χ4v) is 3.02. The summed E-state index contributed by atoms with van der Waals surface area (Å²) < 4.78 is 5.49. The Bertz CT molecular complexity index is 734. The van der Waals surface area contributed by atoms with Gasteiger partial charge in [0.2, 0.25) is 0 Å². The molecule has 0 saturated heterocycles. The predicted molar refractivity (Wildman–Crippen MR) is 96.1 cm³/mol. The minimum Gasteiger partial charge on any atom is -0.443 e. The monoisotopic (exact) mass is 349 g/mol. The van der Waals surface area contributed by atoms with Gasteiger partial charge in [-0.2, -0.15) is 0 Å². The summed E-state index contributed by atoms with van der Waals surface area (Å²) in [5.41, 5.74) is 0.670. The minimum atomic E-state index is -0.365. The molecule has 0 unspecified atom stereocenters. The Kier molecular flexibility index (Phi) is 5.04. The zero-order valence-corrected chi connectivity index (χ0v) is 15.8. The second-order valence-corrected chi connectivity index (χ2v) is 8.12. The highest BCUT2D eigenvalue weighted by Gasteiger charge is 2.36. The fraction of sp³-hybridized carbons (Fsp3) is 0.500. The largest absolute Gasteiger partial charge is 0.443 e. The van der Waals surface area contributed by atoms with Crippen LogP contribution in [0.5, 0.6) is 0 Å². The van der Waals surface area contributed by atoms with Crippen molar-refractivity contribution < 1.29 is 9.53 Å². The van der Waals surface area contributed by atoms with E-state index in [9.17, 15) is 4.79 Å². The van der Waals surface area contributed by atoms with E-state index in [-0.39, 0.29) is 23.8 Å². The summed E-state index contributed by atoms with van der Waals surface area (Å²) in [5.74, 6) is 0. The number of ether oxygens (including phenoxy) is 1. The van der Waals surface area contributed by atoms with E-state index in [0.717, 1.165) is 10.9 Å². The van der Waals surface area contributed by atoms with Crippen LogP contribution in [0.15, 0.2) is 24.4 Å². The van der Waals surface area contributed by atoms with Crippen molar-refractivity contribution in [2.45, 2.75) is 59.2 Å². The van der Waals surface area contributed by atoms with Gasteiger partial charge in [-0.05, 0) is 59.7 Å². The van der Waals surface area contributed by atoms with Crippen LogP contribution in [0.25, 0.3) is 10.9 Å². The van der Waals surface area contributed by atoms with Crippen molar-refractivity contribution in [1.29, 1.82) is 0 Å². The van der Waals surface area contributed by atoms with Crippen LogP contribution < -0.4 is 0 Å². The topological polar surface area (TPSA) is 55.3 Å². The lowest BCUT2D eigenvalue weighted by atomic mass is 9.97. The highest BCUT2D eigenvalue weighted by molar-refractivity contribution is 6.29. The molecule has 0 spiro atoms. The molecular weight excluding hydrogens is 326 g/mol. The molecule has 2 aromatic rings. The highest BCUT2D eigenvalue weighted by Crippen LogP contribution is 2.26. The third kappa shape index (κ3) is 4.35. The van der Waals surface area contributed by atoms with Crippen LogP contribution in [0.3, 0.4) is 0 Å². The summed E-state index contributed by atoms with van der Waals surface area (Å²) in [6.45, 7) is 12.0. The van der Waals surface area contributed by atoms with Gasteiger partial charge in [-0.25, -0.2) is 9.78 Å². The summed E-state index contributed by atoms with van der Waals surface area (Å²) in [7, 11) is 0. The molecule has 2 rings (SSSR count). The fourth-order valence-electron chi connectivity index (χ4n) is 2.87. The molecule has 1 amide bonds. The van der Waals surface area contributed by atoms with E-state index in [1.54, 1.807) is 23.2 Å². The Hall–Kier alpha value is -1.88. The van der Waals surface area contributed by atoms with Crippen LogP contribution in [0.4, 0.5) is 4.79 Å². The molecule has 2 heterocycles. The average molecular weight is 350 g/mol. The van der Waals surface area contributed by atoms with Crippen LogP contribution in [0.1, 0.15) is 47.2 Å². The molecule has 0 N–H and O–H groups in total. The molecule has 0 aliphatic heterocycles. The van der Waals surface area contributed by atoms with E-state index in [2.05, 4.69) is 9.97 Å². The Labute approximate surface area is 148 Å². The number of nitrogens with zero attached hydrogens (tertiary/aromatic N) is 3. The Morgan fingerprint density at radius 1 is 1.17 bits per heavy atom. The number of hydrogen-bond donors (Lipinski definition) is 0. The Morgan fingerprint density at radius 2 is 1.79 bits per heavy atom. The number of rotatable bonds is 2. The van der Waals surface area contributed by atoms with Gasteiger partial charge in [0.1, 0.15) is 11.8 Å². The maximum Gasteiger partial charge on any atom is 0.411 e. The highest BCUT2D eigenvalue weighted by atomic mass is 35.5. The molecule has 0 aromatic carbocycles. The Balaban J connectivity index is 2.16. The zero-order valence-electron chi connectivity index (χ0n) is 15.1. The van der Waals surface area contributed by atoms with Crippen molar-refractivity contribution in [3.8, 4) is 0 Å². The van der Waals surface area contributed by atoms with Gasteiger partial charge in [0.05, 0.1) is 11.2 Å². The molecule has 0 bridgehead atoms. The predicted octanol–water partition coefficient (Wildman–Crippen LogP) is 4.82. The maximum atomic E-state index is 12.6. The van der Waals surface area contributed by atoms with Crippen molar-refractivity contribution in [2.75, 3.05) is 0 Å². The van der Waals surface area contributed by atoms with E-state index in [1.165, 1.54) is 0 Å². The number of carbonyl (C=O) groups is 1. The van der Waals surface area contributed by atoms with E-state index in [4.69, 9.17) is 16.3 Å². The van der Waals surface area contributed by atoms with Crippen molar-refractivity contribution in [1.82, 2.24) is 14.9 Å².